The monoisotopic (exact) mass is 223 g/mol. The van der Waals surface area contributed by atoms with Crippen molar-refractivity contribution in [1.29, 1.82) is 0 Å². The van der Waals surface area contributed by atoms with Crippen molar-refractivity contribution in [3.8, 4) is 0 Å². The van der Waals surface area contributed by atoms with Crippen LogP contribution in [0.25, 0.3) is 0 Å². The zero-order valence-electron chi connectivity index (χ0n) is 8.27. The van der Waals surface area contributed by atoms with Crippen molar-refractivity contribution < 1.29 is 4.79 Å². The van der Waals surface area contributed by atoms with Gasteiger partial charge in [-0.3, -0.25) is 9.78 Å². The summed E-state index contributed by atoms with van der Waals surface area (Å²) in [6, 6.07) is 3.34. The Morgan fingerprint density at radius 2 is 2.13 bits per heavy atom. The van der Waals surface area contributed by atoms with E-state index in [1.54, 1.807) is 24.5 Å². The first-order chi connectivity index (χ1) is 7.20. The van der Waals surface area contributed by atoms with Gasteiger partial charge in [0.15, 0.2) is 0 Å². The van der Waals surface area contributed by atoms with E-state index in [0.29, 0.717) is 23.5 Å². The third kappa shape index (κ3) is 4.51. The lowest BCUT2D eigenvalue weighted by molar-refractivity contribution is 0.0953. The average molecular weight is 223 g/mol. The van der Waals surface area contributed by atoms with Crippen molar-refractivity contribution in [2.24, 2.45) is 5.73 Å². The van der Waals surface area contributed by atoms with Crippen LogP contribution in [0.3, 0.4) is 0 Å². The summed E-state index contributed by atoms with van der Waals surface area (Å²) < 4.78 is 0. The lowest BCUT2D eigenvalue weighted by atomic mass is 10.2. The maximum atomic E-state index is 11.5. The molecule has 0 bridgehead atoms. The van der Waals surface area contributed by atoms with Crippen molar-refractivity contribution in [2.75, 3.05) is 6.54 Å². The summed E-state index contributed by atoms with van der Waals surface area (Å²) in [4.78, 5) is 15.8. The molecule has 0 fully saturated rings. The Kier molecular flexibility index (Phi) is 4.70. The Morgan fingerprint density at radius 1 is 1.47 bits per heavy atom. The molecule has 0 aromatic carbocycles. The number of pyridine rings is 1. The van der Waals surface area contributed by atoms with E-state index in [1.165, 1.54) is 0 Å². The van der Waals surface area contributed by atoms with E-state index in [1.807, 2.05) is 0 Å². The number of amides is 1. The van der Waals surface area contributed by atoms with Crippen molar-refractivity contribution in [1.82, 2.24) is 10.3 Å². The smallest absolute Gasteiger partial charge is 0.251 e. The molecular weight excluding hydrogens is 210 g/mol. The molecule has 0 radical (unpaired) electrons. The second-order valence-corrected chi connectivity index (χ2v) is 3.59. The third-order valence-corrected chi connectivity index (χ3v) is 2.03. The number of aromatic nitrogens is 1. The van der Waals surface area contributed by atoms with E-state index in [4.69, 9.17) is 18.0 Å². The molecule has 3 N–H and O–H groups in total. The summed E-state index contributed by atoms with van der Waals surface area (Å²) in [6.07, 6.45) is 4.60. The molecule has 1 amide bonds. The van der Waals surface area contributed by atoms with Crippen LogP contribution in [0, 0.1) is 0 Å². The molecule has 1 rings (SSSR count). The molecule has 80 valence electrons. The standard InChI is InChI=1S/C10H13N3OS/c11-9(15)2-1-5-13-10(14)8-3-6-12-7-4-8/h3-4,6-7H,1-2,5H2,(H2,11,15)(H,13,14). The van der Waals surface area contributed by atoms with Gasteiger partial charge in [0.1, 0.15) is 0 Å². The summed E-state index contributed by atoms with van der Waals surface area (Å²) in [7, 11) is 0. The minimum Gasteiger partial charge on any atom is -0.393 e. The van der Waals surface area contributed by atoms with Gasteiger partial charge in [-0.25, -0.2) is 0 Å². The SMILES string of the molecule is NC(=S)CCCNC(=O)c1ccncc1. The topological polar surface area (TPSA) is 68.0 Å². The lowest BCUT2D eigenvalue weighted by Gasteiger charge is -2.03. The fourth-order valence-corrected chi connectivity index (χ4v) is 1.21. The summed E-state index contributed by atoms with van der Waals surface area (Å²) in [5, 5.41) is 2.77. The van der Waals surface area contributed by atoms with E-state index in [0.717, 1.165) is 6.42 Å². The summed E-state index contributed by atoms with van der Waals surface area (Å²) >= 11 is 4.72. The Morgan fingerprint density at radius 3 is 2.73 bits per heavy atom. The van der Waals surface area contributed by atoms with Gasteiger partial charge in [0.25, 0.3) is 5.91 Å². The van der Waals surface area contributed by atoms with Gasteiger partial charge in [-0.1, -0.05) is 12.2 Å². The van der Waals surface area contributed by atoms with Crippen LogP contribution in [0.2, 0.25) is 0 Å². The Hall–Kier alpha value is -1.49. The predicted molar refractivity (Wildman–Crippen MR) is 62.6 cm³/mol. The number of thiocarbonyl (C=S) groups is 1. The largest absolute Gasteiger partial charge is 0.393 e. The number of hydrogen-bond acceptors (Lipinski definition) is 3. The highest BCUT2D eigenvalue weighted by Gasteiger charge is 2.02. The molecule has 0 aliphatic rings. The third-order valence-electron chi connectivity index (χ3n) is 1.83. The molecule has 15 heavy (non-hydrogen) atoms. The first-order valence-electron chi connectivity index (χ1n) is 4.66. The summed E-state index contributed by atoms with van der Waals surface area (Å²) in [5.41, 5.74) is 5.94. The molecule has 0 aliphatic heterocycles. The fourth-order valence-electron chi connectivity index (χ4n) is 1.07. The second-order valence-electron chi connectivity index (χ2n) is 3.06. The number of hydrogen-bond donors (Lipinski definition) is 2. The Balaban J connectivity index is 2.28. The quantitative estimate of drug-likeness (QED) is 0.574. The molecule has 0 atom stereocenters. The van der Waals surface area contributed by atoms with Crippen molar-refractivity contribution >= 4 is 23.1 Å². The van der Waals surface area contributed by atoms with Crippen LogP contribution in [0.15, 0.2) is 24.5 Å². The van der Waals surface area contributed by atoms with E-state index >= 15 is 0 Å². The molecule has 0 aliphatic carbocycles. The van der Waals surface area contributed by atoms with Gasteiger partial charge in [-0.15, -0.1) is 0 Å². The number of nitrogens with zero attached hydrogens (tertiary/aromatic N) is 1. The molecule has 0 saturated heterocycles. The summed E-state index contributed by atoms with van der Waals surface area (Å²) in [6.45, 7) is 0.582. The lowest BCUT2D eigenvalue weighted by Crippen LogP contribution is -2.25. The highest BCUT2D eigenvalue weighted by Crippen LogP contribution is 1.96. The van der Waals surface area contributed by atoms with Crippen LogP contribution in [-0.4, -0.2) is 22.4 Å². The highest BCUT2D eigenvalue weighted by atomic mass is 32.1. The van der Waals surface area contributed by atoms with Gasteiger partial charge in [-0.05, 0) is 25.0 Å². The highest BCUT2D eigenvalue weighted by molar-refractivity contribution is 7.80. The van der Waals surface area contributed by atoms with Crippen LogP contribution in [0.4, 0.5) is 0 Å². The van der Waals surface area contributed by atoms with Crippen LogP contribution in [0.5, 0.6) is 0 Å². The van der Waals surface area contributed by atoms with Crippen LogP contribution >= 0.6 is 12.2 Å². The first kappa shape index (κ1) is 11.6. The number of nitrogens with two attached hydrogens (primary N) is 1. The van der Waals surface area contributed by atoms with Crippen LogP contribution < -0.4 is 11.1 Å². The molecule has 0 spiro atoms. The van der Waals surface area contributed by atoms with Gasteiger partial charge in [0, 0.05) is 24.5 Å². The van der Waals surface area contributed by atoms with E-state index in [-0.39, 0.29) is 5.91 Å². The van der Waals surface area contributed by atoms with E-state index in [9.17, 15) is 4.79 Å². The van der Waals surface area contributed by atoms with E-state index < -0.39 is 0 Å². The molecule has 0 unspecified atom stereocenters. The normalized spacial score (nSPS) is 9.60. The minimum absolute atomic E-state index is 0.0969. The van der Waals surface area contributed by atoms with Gasteiger partial charge in [0.2, 0.25) is 0 Å². The molecular formula is C10H13N3OS. The predicted octanol–water partition coefficient (Wildman–Crippen LogP) is 0.878. The zero-order valence-corrected chi connectivity index (χ0v) is 9.09. The maximum absolute atomic E-state index is 11.5. The molecule has 1 aromatic heterocycles. The zero-order chi connectivity index (χ0) is 11.1. The van der Waals surface area contributed by atoms with Gasteiger partial charge < -0.3 is 11.1 Å². The maximum Gasteiger partial charge on any atom is 0.251 e. The molecule has 0 saturated carbocycles. The molecule has 4 nitrogen and oxygen atoms in total. The Bertz CT molecular complexity index is 340. The molecule has 1 aromatic rings. The van der Waals surface area contributed by atoms with Crippen molar-refractivity contribution in [3.63, 3.8) is 0 Å². The van der Waals surface area contributed by atoms with Gasteiger partial charge in [0.05, 0.1) is 4.99 Å². The summed E-state index contributed by atoms with van der Waals surface area (Å²) in [5.74, 6) is -0.0969. The van der Waals surface area contributed by atoms with Crippen molar-refractivity contribution in [2.45, 2.75) is 12.8 Å². The van der Waals surface area contributed by atoms with Crippen molar-refractivity contribution in [3.05, 3.63) is 30.1 Å². The minimum atomic E-state index is -0.0969. The number of rotatable bonds is 5. The van der Waals surface area contributed by atoms with E-state index in [2.05, 4.69) is 10.3 Å². The van der Waals surface area contributed by atoms with Gasteiger partial charge in [-0.2, -0.15) is 0 Å². The second kappa shape index (κ2) is 6.08. The number of carbonyl (C=O) groups excluding carboxylic acids is 1. The molecule has 5 heteroatoms. The van der Waals surface area contributed by atoms with Crippen LogP contribution in [-0.2, 0) is 0 Å². The molecule has 1 heterocycles. The number of nitrogens with one attached hydrogen (secondary N) is 1. The number of carbonyl (C=O) groups is 1. The van der Waals surface area contributed by atoms with Crippen LogP contribution in [0.1, 0.15) is 23.2 Å². The fraction of sp³-hybridized carbons (Fsp3) is 0.300. The Labute approximate surface area is 93.9 Å². The van der Waals surface area contributed by atoms with Gasteiger partial charge >= 0.3 is 0 Å². The average Bonchev–Trinajstić information content (AvgIpc) is 2.25. The first-order valence-corrected chi connectivity index (χ1v) is 5.07.